The van der Waals surface area contributed by atoms with E-state index in [1.807, 2.05) is 25.2 Å². The first kappa shape index (κ1) is 12.0. The minimum Gasteiger partial charge on any atom is -0.383 e. The normalized spacial score (nSPS) is 10.8. The van der Waals surface area contributed by atoms with Crippen molar-refractivity contribution in [3.63, 3.8) is 0 Å². The van der Waals surface area contributed by atoms with Gasteiger partial charge in [-0.3, -0.25) is 4.68 Å². The summed E-state index contributed by atoms with van der Waals surface area (Å²) in [6, 6.07) is 10.2. The molecule has 19 heavy (non-hydrogen) atoms. The van der Waals surface area contributed by atoms with Gasteiger partial charge in [-0.1, -0.05) is 30.3 Å². The zero-order valence-corrected chi connectivity index (χ0v) is 11.7. The molecule has 2 heterocycles. The largest absolute Gasteiger partial charge is 0.383 e. The first-order valence-electron chi connectivity index (χ1n) is 6.09. The summed E-state index contributed by atoms with van der Waals surface area (Å²) in [6.45, 7) is 2.10. The molecule has 0 bridgehead atoms. The summed E-state index contributed by atoms with van der Waals surface area (Å²) < 4.78 is 1.74. The maximum absolute atomic E-state index is 6.20. The summed E-state index contributed by atoms with van der Waals surface area (Å²) in [6.07, 6.45) is 0. The van der Waals surface area contributed by atoms with Gasteiger partial charge in [0.1, 0.15) is 11.5 Å². The summed E-state index contributed by atoms with van der Waals surface area (Å²) >= 11 is 1.69. The zero-order valence-electron chi connectivity index (χ0n) is 10.9. The van der Waals surface area contributed by atoms with E-state index in [4.69, 9.17) is 5.73 Å². The van der Waals surface area contributed by atoms with Crippen LogP contribution in [0.15, 0.2) is 41.1 Å². The highest BCUT2D eigenvalue weighted by Crippen LogP contribution is 2.38. The van der Waals surface area contributed by atoms with Crippen LogP contribution in [0.25, 0.3) is 22.4 Å². The highest BCUT2D eigenvalue weighted by Gasteiger charge is 2.18. The topological polar surface area (TPSA) is 43.8 Å². The average Bonchev–Trinajstić information content (AvgIpc) is 2.96. The van der Waals surface area contributed by atoms with Crippen molar-refractivity contribution >= 4 is 17.2 Å². The maximum atomic E-state index is 6.20. The molecular formula is C15H15N3S. The van der Waals surface area contributed by atoms with Crippen molar-refractivity contribution in [2.24, 2.45) is 7.05 Å². The van der Waals surface area contributed by atoms with E-state index in [0.717, 1.165) is 22.4 Å². The number of hydrogen-bond donors (Lipinski definition) is 1. The van der Waals surface area contributed by atoms with Crippen molar-refractivity contribution in [2.45, 2.75) is 6.92 Å². The molecule has 2 N–H and O–H groups in total. The van der Waals surface area contributed by atoms with Gasteiger partial charge in [0.25, 0.3) is 0 Å². The first-order chi connectivity index (χ1) is 9.18. The molecule has 0 aliphatic carbocycles. The fraction of sp³-hybridized carbons (Fsp3) is 0.133. The lowest BCUT2D eigenvalue weighted by Gasteiger charge is -2.03. The number of nitrogen functional groups attached to an aromatic ring is 1. The molecule has 3 aromatic rings. The third-order valence-corrected chi connectivity index (χ3v) is 4.13. The fourth-order valence-electron chi connectivity index (χ4n) is 2.22. The van der Waals surface area contributed by atoms with Crippen LogP contribution in [0.4, 0.5) is 5.82 Å². The van der Waals surface area contributed by atoms with Gasteiger partial charge in [0, 0.05) is 18.0 Å². The van der Waals surface area contributed by atoms with Crippen molar-refractivity contribution < 1.29 is 0 Å². The first-order valence-corrected chi connectivity index (χ1v) is 7.04. The molecule has 0 amide bonds. The lowest BCUT2D eigenvalue weighted by atomic mass is 10.0. The molecule has 0 radical (unpaired) electrons. The standard InChI is InChI=1S/C15H15N3S/c1-10-8-19-9-12(10)14-13(15(16)18(2)17-14)11-6-4-3-5-7-11/h3-9H,16H2,1-2H3. The number of benzene rings is 1. The van der Waals surface area contributed by atoms with E-state index in [-0.39, 0.29) is 0 Å². The Morgan fingerprint density at radius 3 is 2.53 bits per heavy atom. The minimum atomic E-state index is 0.701. The molecule has 0 spiro atoms. The Kier molecular flexibility index (Phi) is 2.87. The van der Waals surface area contributed by atoms with Crippen molar-refractivity contribution in [3.8, 4) is 22.4 Å². The third-order valence-electron chi connectivity index (χ3n) is 3.26. The van der Waals surface area contributed by atoms with Gasteiger partial charge in [0.2, 0.25) is 0 Å². The Labute approximate surface area is 116 Å². The molecule has 2 aromatic heterocycles. The van der Waals surface area contributed by atoms with E-state index in [0.29, 0.717) is 5.82 Å². The van der Waals surface area contributed by atoms with Crippen molar-refractivity contribution in [2.75, 3.05) is 5.73 Å². The average molecular weight is 269 g/mol. The highest BCUT2D eigenvalue weighted by molar-refractivity contribution is 7.08. The minimum absolute atomic E-state index is 0.701. The molecule has 3 nitrogen and oxygen atoms in total. The van der Waals surface area contributed by atoms with E-state index in [9.17, 15) is 0 Å². The second-order valence-electron chi connectivity index (χ2n) is 4.57. The molecule has 0 saturated heterocycles. The molecule has 4 heteroatoms. The SMILES string of the molecule is Cc1cscc1-c1nn(C)c(N)c1-c1ccccc1. The van der Waals surface area contributed by atoms with Gasteiger partial charge < -0.3 is 5.73 Å². The predicted octanol–water partition coefficient (Wildman–Crippen LogP) is 3.71. The zero-order chi connectivity index (χ0) is 13.4. The van der Waals surface area contributed by atoms with Gasteiger partial charge >= 0.3 is 0 Å². The van der Waals surface area contributed by atoms with Gasteiger partial charge in [-0.2, -0.15) is 16.4 Å². The fourth-order valence-corrected chi connectivity index (χ4v) is 3.05. The third kappa shape index (κ3) is 1.94. The Morgan fingerprint density at radius 1 is 1.16 bits per heavy atom. The number of hydrogen-bond acceptors (Lipinski definition) is 3. The Morgan fingerprint density at radius 2 is 1.89 bits per heavy atom. The molecule has 1 aromatic carbocycles. The van der Waals surface area contributed by atoms with Gasteiger partial charge in [-0.15, -0.1) is 0 Å². The Bertz CT molecular complexity index is 710. The maximum Gasteiger partial charge on any atom is 0.129 e. The monoisotopic (exact) mass is 269 g/mol. The number of nitrogens with two attached hydrogens (primary N) is 1. The number of aromatic nitrogens is 2. The molecule has 0 atom stereocenters. The number of thiophene rings is 1. The van der Waals surface area contributed by atoms with Crippen LogP contribution in [0.2, 0.25) is 0 Å². The number of anilines is 1. The lowest BCUT2D eigenvalue weighted by molar-refractivity contribution is 0.782. The molecule has 96 valence electrons. The molecule has 0 aliphatic heterocycles. The quantitative estimate of drug-likeness (QED) is 0.770. The smallest absolute Gasteiger partial charge is 0.129 e. The predicted molar refractivity (Wildman–Crippen MR) is 81.1 cm³/mol. The summed E-state index contributed by atoms with van der Waals surface area (Å²) in [5.74, 6) is 0.701. The van der Waals surface area contributed by atoms with E-state index >= 15 is 0 Å². The van der Waals surface area contributed by atoms with Gasteiger partial charge in [-0.25, -0.2) is 0 Å². The van der Waals surface area contributed by atoms with E-state index in [1.54, 1.807) is 16.0 Å². The van der Waals surface area contributed by atoms with Crippen LogP contribution in [0.3, 0.4) is 0 Å². The van der Waals surface area contributed by atoms with E-state index in [1.165, 1.54) is 5.56 Å². The summed E-state index contributed by atoms with van der Waals surface area (Å²) in [4.78, 5) is 0. The van der Waals surface area contributed by atoms with Crippen LogP contribution in [0.5, 0.6) is 0 Å². The Hall–Kier alpha value is -2.07. The van der Waals surface area contributed by atoms with Gasteiger partial charge in [0.15, 0.2) is 0 Å². The van der Waals surface area contributed by atoms with Crippen LogP contribution in [0, 0.1) is 6.92 Å². The molecular weight excluding hydrogens is 254 g/mol. The molecule has 0 unspecified atom stereocenters. The van der Waals surface area contributed by atoms with E-state index in [2.05, 4.69) is 34.9 Å². The van der Waals surface area contributed by atoms with Crippen LogP contribution in [-0.2, 0) is 7.05 Å². The number of aryl methyl sites for hydroxylation is 2. The van der Waals surface area contributed by atoms with Crippen molar-refractivity contribution in [1.82, 2.24) is 9.78 Å². The summed E-state index contributed by atoms with van der Waals surface area (Å²) in [5, 5.41) is 8.85. The van der Waals surface area contributed by atoms with Gasteiger partial charge in [0.05, 0.1) is 5.56 Å². The lowest BCUT2D eigenvalue weighted by Crippen LogP contribution is -1.97. The summed E-state index contributed by atoms with van der Waals surface area (Å²) in [5.41, 5.74) is 11.7. The molecule has 3 rings (SSSR count). The second-order valence-corrected chi connectivity index (χ2v) is 5.31. The highest BCUT2D eigenvalue weighted by atomic mass is 32.1. The van der Waals surface area contributed by atoms with Gasteiger partial charge in [-0.05, 0) is 23.4 Å². The van der Waals surface area contributed by atoms with Crippen LogP contribution in [0.1, 0.15) is 5.56 Å². The number of nitrogens with zero attached hydrogens (tertiary/aromatic N) is 2. The van der Waals surface area contributed by atoms with Crippen LogP contribution >= 0.6 is 11.3 Å². The van der Waals surface area contributed by atoms with Crippen molar-refractivity contribution in [1.29, 1.82) is 0 Å². The van der Waals surface area contributed by atoms with Crippen LogP contribution in [-0.4, -0.2) is 9.78 Å². The summed E-state index contributed by atoms with van der Waals surface area (Å²) in [7, 11) is 1.88. The van der Waals surface area contributed by atoms with Crippen LogP contribution < -0.4 is 5.73 Å². The molecule has 0 aliphatic rings. The second kappa shape index (κ2) is 4.55. The molecule has 0 saturated carbocycles. The Balaban J connectivity index is 2.28. The number of rotatable bonds is 2. The van der Waals surface area contributed by atoms with E-state index < -0.39 is 0 Å². The molecule has 0 fully saturated rings. The van der Waals surface area contributed by atoms with Crippen molar-refractivity contribution in [3.05, 3.63) is 46.7 Å².